The molecule has 1 aromatic heterocycles. The summed E-state index contributed by atoms with van der Waals surface area (Å²) in [6.45, 7) is 0. The molecular weight excluding hydrogens is 264 g/mol. The Morgan fingerprint density at radius 3 is 2.75 bits per heavy atom. The highest BCUT2D eigenvalue weighted by molar-refractivity contribution is 8.01. The van der Waals surface area contributed by atoms with Crippen LogP contribution in [-0.4, -0.2) is 11.1 Å². The zero-order valence-corrected chi connectivity index (χ0v) is 10.4. The summed E-state index contributed by atoms with van der Waals surface area (Å²) in [5.41, 5.74) is 0.169. The number of aromatic carboxylic acids is 1. The van der Waals surface area contributed by atoms with E-state index in [2.05, 4.69) is 0 Å². The fraction of sp³-hybridized carbons (Fsp3) is 0. The molecule has 5 heteroatoms. The van der Waals surface area contributed by atoms with E-state index in [9.17, 15) is 4.79 Å². The summed E-state index contributed by atoms with van der Waals surface area (Å²) in [6.07, 6.45) is 0. The number of benzene rings is 1. The maximum atomic E-state index is 11.1. The van der Waals surface area contributed by atoms with Crippen molar-refractivity contribution in [1.29, 1.82) is 0 Å². The van der Waals surface area contributed by atoms with E-state index in [-0.39, 0.29) is 10.6 Å². The van der Waals surface area contributed by atoms with E-state index in [1.807, 2.05) is 17.5 Å². The summed E-state index contributed by atoms with van der Waals surface area (Å²) in [5, 5.41) is 11.3. The fourth-order valence-electron chi connectivity index (χ4n) is 1.23. The number of halogens is 1. The van der Waals surface area contributed by atoms with Gasteiger partial charge in [0, 0.05) is 4.90 Å². The topological polar surface area (TPSA) is 37.3 Å². The quantitative estimate of drug-likeness (QED) is 0.906. The highest BCUT2D eigenvalue weighted by atomic mass is 35.5. The monoisotopic (exact) mass is 270 g/mol. The molecule has 0 amide bonds. The Balaban J connectivity index is 2.40. The van der Waals surface area contributed by atoms with Crippen molar-refractivity contribution in [2.75, 3.05) is 0 Å². The summed E-state index contributed by atoms with van der Waals surface area (Å²) >= 11 is 8.86. The third-order valence-corrected chi connectivity index (χ3v) is 4.31. The van der Waals surface area contributed by atoms with Gasteiger partial charge >= 0.3 is 5.97 Å². The highest BCUT2D eigenvalue weighted by Crippen LogP contribution is 2.35. The first kappa shape index (κ1) is 11.5. The van der Waals surface area contributed by atoms with E-state index in [0.717, 1.165) is 4.21 Å². The van der Waals surface area contributed by atoms with Crippen molar-refractivity contribution in [2.45, 2.75) is 9.10 Å². The average molecular weight is 271 g/mol. The summed E-state index contributed by atoms with van der Waals surface area (Å²) in [4.78, 5) is 11.7. The van der Waals surface area contributed by atoms with Gasteiger partial charge in [0.1, 0.15) is 0 Å². The fourth-order valence-corrected chi connectivity index (χ4v) is 3.42. The van der Waals surface area contributed by atoms with Crippen LogP contribution in [0.1, 0.15) is 10.4 Å². The normalized spacial score (nSPS) is 10.3. The van der Waals surface area contributed by atoms with Crippen LogP contribution in [-0.2, 0) is 0 Å². The second kappa shape index (κ2) is 4.91. The summed E-state index contributed by atoms with van der Waals surface area (Å²) in [6, 6.07) is 8.98. The van der Waals surface area contributed by atoms with Gasteiger partial charge in [0.05, 0.1) is 14.8 Å². The van der Waals surface area contributed by atoms with Crippen molar-refractivity contribution in [3.63, 3.8) is 0 Å². The zero-order valence-electron chi connectivity index (χ0n) is 8.01. The Bertz CT molecular complexity index is 509. The van der Waals surface area contributed by atoms with E-state index >= 15 is 0 Å². The van der Waals surface area contributed by atoms with Gasteiger partial charge in [0.15, 0.2) is 0 Å². The molecular formula is C11H7ClO2S2. The second-order valence-corrected chi connectivity index (χ2v) is 5.65. The van der Waals surface area contributed by atoms with E-state index in [0.29, 0.717) is 4.90 Å². The third kappa shape index (κ3) is 2.40. The minimum Gasteiger partial charge on any atom is -0.478 e. The first-order valence-corrected chi connectivity index (χ1v) is 6.49. The number of hydrogen-bond donors (Lipinski definition) is 1. The van der Waals surface area contributed by atoms with E-state index in [1.165, 1.54) is 11.8 Å². The summed E-state index contributed by atoms with van der Waals surface area (Å²) in [5.74, 6) is -0.996. The average Bonchev–Trinajstić information content (AvgIpc) is 2.70. The maximum absolute atomic E-state index is 11.1. The zero-order chi connectivity index (χ0) is 11.5. The van der Waals surface area contributed by atoms with Crippen molar-refractivity contribution in [3.05, 3.63) is 46.3 Å². The van der Waals surface area contributed by atoms with Crippen LogP contribution in [0.15, 0.2) is 44.8 Å². The van der Waals surface area contributed by atoms with Gasteiger partial charge in [-0.25, -0.2) is 4.79 Å². The van der Waals surface area contributed by atoms with Crippen LogP contribution in [0.4, 0.5) is 0 Å². The Hall–Kier alpha value is -0.970. The van der Waals surface area contributed by atoms with Crippen LogP contribution in [0.5, 0.6) is 0 Å². The Labute approximate surface area is 106 Å². The van der Waals surface area contributed by atoms with Gasteiger partial charge in [-0.1, -0.05) is 35.5 Å². The number of hydrogen-bond acceptors (Lipinski definition) is 3. The largest absolute Gasteiger partial charge is 0.478 e. The SMILES string of the molecule is O=C(O)c1c(Cl)cccc1Sc1cccs1. The van der Waals surface area contributed by atoms with Gasteiger partial charge < -0.3 is 5.11 Å². The van der Waals surface area contributed by atoms with Crippen LogP contribution in [0.3, 0.4) is 0 Å². The molecule has 0 saturated heterocycles. The van der Waals surface area contributed by atoms with Crippen LogP contribution >= 0.6 is 34.7 Å². The minimum absolute atomic E-state index is 0.169. The summed E-state index contributed by atoms with van der Waals surface area (Å²) in [7, 11) is 0. The molecule has 0 fully saturated rings. The lowest BCUT2D eigenvalue weighted by Gasteiger charge is -2.05. The summed E-state index contributed by atoms with van der Waals surface area (Å²) < 4.78 is 1.05. The molecule has 0 bridgehead atoms. The van der Waals surface area contributed by atoms with Crippen molar-refractivity contribution in [2.24, 2.45) is 0 Å². The van der Waals surface area contributed by atoms with Gasteiger partial charge in [-0.05, 0) is 23.6 Å². The van der Waals surface area contributed by atoms with Crippen LogP contribution in [0.2, 0.25) is 5.02 Å². The number of carboxylic acid groups (broad SMARTS) is 1. The van der Waals surface area contributed by atoms with Crippen molar-refractivity contribution in [1.82, 2.24) is 0 Å². The molecule has 0 radical (unpaired) electrons. The molecule has 0 atom stereocenters. The smallest absolute Gasteiger partial charge is 0.338 e. The molecule has 2 aromatic rings. The van der Waals surface area contributed by atoms with E-state index < -0.39 is 5.97 Å². The first-order chi connectivity index (χ1) is 7.68. The molecule has 0 aliphatic rings. The Morgan fingerprint density at radius 2 is 2.12 bits per heavy atom. The molecule has 0 spiro atoms. The molecule has 0 saturated carbocycles. The molecule has 82 valence electrons. The molecule has 2 rings (SSSR count). The van der Waals surface area contributed by atoms with Gasteiger partial charge in [0.2, 0.25) is 0 Å². The van der Waals surface area contributed by atoms with E-state index in [1.54, 1.807) is 29.5 Å². The number of carbonyl (C=O) groups is 1. The van der Waals surface area contributed by atoms with Crippen molar-refractivity contribution >= 4 is 40.7 Å². The lowest BCUT2D eigenvalue weighted by Crippen LogP contribution is -1.99. The molecule has 16 heavy (non-hydrogen) atoms. The van der Waals surface area contributed by atoms with Crippen molar-refractivity contribution < 1.29 is 9.90 Å². The Morgan fingerprint density at radius 1 is 1.31 bits per heavy atom. The van der Waals surface area contributed by atoms with Gasteiger partial charge in [-0.2, -0.15) is 0 Å². The number of rotatable bonds is 3. The predicted molar refractivity (Wildman–Crippen MR) is 66.9 cm³/mol. The molecule has 2 nitrogen and oxygen atoms in total. The first-order valence-electron chi connectivity index (χ1n) is 4.41. The van der Waals surface area contributed by atoms with E-state index in [4.69, 9.17) is 16.7 Å². The Kier molecular flexibility index (Phi) is 3.53. The lowest BCUT2D eigenvalue weighted by atomic mass is 10.2. The molecule has 1 aromatic carbocycles. The van der Waals surface area contributed by atoms with Crippen LogP contribution in [0, 0.1) is 0 Å². The standard InChI is InChI=1S/C11H7ClO2S2/c12-7-3-1-4-8(10(7)11(13)14)16-9-5-2-6-15-9/h1-6H,(H,13,14). The van der Waals surface area contributed by atoms with Gasteiger partial charge in [-0.15, -0.1) is 11.3 Å². The molecule has 1 heterocycles. The molecule has 0 unspecified atom stereocenters. The third-order valence-electron chi connectivity index (χ3n) is 1.89. The number of carboxylic acids is 1. The van der Waals surface area contributed by atoms with Crippen LogP contribution < -0.4 is 0 Å². The van der Waals surface area contributed by atoms with Gasteiger partial charge in [0.25, 0.3) is 0 Å². The molecule has 0 aliphatic heterocycles. The van der Waals surface area contributed by atoms with Crippen LogP contribution in [0.25, 0.3) is 0 Å². The minimum atomic E-state index is -0.996. The highest BCUT2D eigenvalue weighted by Gasteiger charge is 2.15. The molecule has 1 N–H and O–H groups in total. The predicted octanol–water partition coefficient (Wildman–Crippen LogP) is 4.25. The van der Waals surface area contributed by atoms with Gasteiger partial charge in [-0.3, -0.25) is 0 Å². The lowest BCUT2D eigenvalue weighted by molar-refractivity contribution is 0.0693. The molecule has 0 aliphatic carbocycles. The van der Waals surface area contributed by atoms with Crippen molar-refractivity contribution in [3.8, 4) is 0 Å². The maximum Gasteiger partial charge on any atom is 0.338 e. The second-order valence-electron chi connectivity index (χ2n) is 2.95. The number of thiophene rings is 1.